The number of benzene rings is 3. The van der Waals surface area contributed by atoms with E-state index in [2.05, 4.69) is 10.3 Å². The molecule has 0 radical (unpaired) electrons. The van der Waals surface area contributed by atoms with E-state index in [0.717, 1.165) is 6.33 Å². The number of rotatable bonds is 5. The number of para-hydroxylation sites is 4. The first-order valence-electron chi connectivity index (χ1n) is 9.48. The van der Waals surface area contributed by atoms with Crippen molar-refractivity contribution in [2.24, 2.45) is 0 Å². The van der Waals surface area contributed by atoms with Crippen molar-refractivity contribution in [3.05, 3.63) is 101 Å². The third-order valence-electron chi connectivity index (χ3n) is 4.54. The molecule has 4 aromatic rings. The molecule has 0 aliphatic heterocycles. The Labute approximate surface area is 196 Å². The average molecular weight is 492 g/mol. The van der Waals surface area contributed by atoms with Crippen molar-refractivity contribution in [2.75, 3.05) is 5.32 Å². The summed E-state index contributed by atoms with van der Waals surface area (Å²) in [6.45, 7) is 0. The number of ether oxygens (including phenoxy) is 1. The number of hydrogen-bond acceptors (Lipinski definition) is 3. The smallest absolute Gasteiger partial charge is 0.434 e. The summed E-state index contributed by atoms with van der Waals surface area (Å²) in [5.41, 5.74) is -2.11. The number of imidazole rings is 1. The Kier molecular flexibility index (Phi) is 6.31. The second-order valence-electron chi connectivity index (χ2n) is 6.75. The first kappa shape index (κ1) is 22.7. The fraction of sp³-hybridized carbons (Fsp3) is 0.0435. The summed E-state index contributed by atoms with van der Waals surface area (Å²) in [7, 11) is 0. The monoisotopic (exact) mass is 491 g/mol. The van der Waals surface area contributed by atoms with Crippen molar-refractivity contribution in [1.82, 2.24) is 9.55 Å². The lowest BCUT2D eigenvalue weighted by Crippen LogP contribution is -2.21. The number of alkyl halides is 3. The van der Waals surface area contributed by atoms with E-state index in [4.69, 9.17) is 27.9 Å². The van der Waals surface area contributed by atoms with E-state index >= 15 is 0 Å². The molecule has 5 nitrogen and oxygen atoms in total. The lowest BCUT2D eigenvalue weighted by atomic mass is 10.2. The maximum Gasteiger partial charge on any atom is 0.434 e. The number of amides is 1. The van der Waals surface area contributed by atoms with Gasteiger partial charge in [-0.1, -0.05) is 59.6 Å². The largest absolute Gasteiger partial charge is 0.455 e. The van der Waals surface area contributed by atoms with Crippen LogP contribution < -0.4 is 10.1 Å². The van der Waals surface area contributed by atoms with E-state index in [1.807, 2.05) is 0 Å². The quantitative estimate of drug-likeness (QED) is 0.320. The van der Waals surface area contributed by atoms with Crippen LogP contribution in [-0.4, -0.2) is 15.5 Å². The lowest BCUT2D eigenvalue weighted by molar-refractivity contribution is -0.142. The van der Waals surface area contributed by atoms with Crippen molar-refractivity contribution in [3.63, 3.8) is 0 Å². The number of carbonyl (C=O) groups excluding carboxylic acids is 1. The minimum Gasteiger partial charge on any atom is -0.455 e. The molecule has 0 aliphatic carbocycles. The van der Waals surface area contributed by atoms with Crippen LogP contribution in [0.15, 0.2) is 79.1 Å². The van der Waals surface area contributed by atoms with Gasteiger partial charge in [0, 0.05) is 0 Å². The number of carbonyl (C=O) groups is 1. The standard InChI is InChI=1S/C23H14Cl2F3N3O2/c24-15-9-6-10-16(25)20(15)31-13-29-19(21(31)23(26,27)28)22(32)30-17-11-4-5-12-18(17)33-14-7-2-1-3-8-14/h1-13H,(H,30,32). The number of hydrogen-bond donors (Lipinski definition) is 1. The van der Waals surface area contributed by atoms with Crippen LogP contribution in [0.25, 0.3) is 5.69 Å². The molecule has 1 N–H and O–H groups in total. The number of anilines is 1. The van der Waals surface area contributed by atoms with Gasteiger partial charge in [-0.3, -0.25) is 9.36 Å². The third-order valence-corrected chi connectivity index (χ3v) is 5.15. The molecule has 0 unspecified atom stereocenters. The third kappa shape index (κ3) is 4.81. The fourth-order valence-electron chi connectivity index (χ4n) is 3.13. The molecule has 1 amide bonds. The molecule has 1 heterocycles. The zero-order valence-electron chi connectivity index (χ0n) is 16.6. The highest BCUT2D eigenvalue weighted by Gasteiger charge is 2.41. The summed E-state index contributed by atoms with van der Waals surface area (Å²) in [6.07, 6.45) is -4.07. The number of nitrogens with zero attached hydrogens (tertiary/aromatic N) is 2. The maximum absolute atomic E-state index is 14.0. The van der Waals surface area contributed by atoms with Crippen LogP contribution in [0.1, 0.15) is 16.2 Å². The van der Waals surface area contributed by atoms with Crippen LogP contribution in [0.4, 0.5) is 18.9 Å². The second kappa shape index (κ2) is 9.17. The van der Waals surface area contributed by atoms with E-state index in [0.29, 0.717) is 10.3 Å². The van der Waals surface area contributed by atoms with Crippen LogP contribution in [0.3, 0.4) is 0 Å². The predicted molar refractivity (Wildman–Crippen MR) is 119 cm³/mol. The van der Waals surface area contributed by atoms with Crippen LogP contribution in [0.5, 0.6) is 11.5 Å². The van der Waals surface area contributed by atoms with Crippen molar-refractivity contribution < 1.29 is 22.7 Å². The van der Waals surface area contributed by atoms with Gasteiger partial charge in [-0.2, -0.15) is 13.2 Å². The van der Waals surface area contributed by atoms with Crippen molar-refractivity contribution in [3.8, 4) is 17.2 Å². The van der Waals surface area contributed by atoms with E-state index in [-0.39, 0.29) is 27.2 Å². The van der Waals surface area contributed by atoms with Gasteiger partial charge in [0.15, 0.2) is 17.1 Å². The van der Waals surface area contributed by atoms with Gasteiger partial charge in [-0.05, 0) is 36.4 Å². The minimum atomic E-state index is -4.92. The molecule has 168 valence electrons. The maximum atomic E-state index is 14.0. The van der Waals surface area contributed by atoms with E-state index in [1.165, 1.54) is 24.3 Å². The normalized spacial score (nSPS) is 11.3. The van der Waals surface area contributed by atoms with Gasteiger partial charge in [-0.25, -0.2) is 4.98 Å². The Bertz CT molecular complexity index is 1290. The summed E-state index contributed by atoms with van der Waals surface area (Å²) in [6, 6.07) is 19.4. The van der Waals surface area contributed by atoms with Crippen LogP contribution in [-0.2, 0) is 6.18 Å². The Hall–Kier alpha value is -3.49. The molecule has 0 saturated heterocycles. The molecule has 0 bridgehead atoms. The summed E-state index contributed by atoms with van der Waals surface area (Å²) in [5.74, 6) is -0.333. The lowest BCUT2D eigenvalue weighted by Gasteiger charge is -2.16. The predicted octanol–water partition coefficient (Wildman–Crippen LogP) is 7.24. The van der Waals surface area contributed by atoms with Gasteiger partial charge < -0.3 is 10.1 Å². The highest BCUT2D eigenvalue weighted by Crippen LogP contribution is 2.38. The van der Waals surface area contributed by atoms with Crippen molar-refractivity contribution >= 4 is 34.8 Å². The first-order chi connectivity index (χ1) is 15.8. The summed E-state index contributed by atoms with van der Waals surface area (Å²) < 4.78 is 48.4. The second-order valence-corrected chi connectivity index (χ2v) is 7.56. The Balaban J connectivity index is 1.72. The minimum absolute atomic E-state index is 0.0287. The number of aromatic nitrogens is 2. The number of halogens is 5. The molecular weight excluding hydrogens is 478 g/mol. The van der Waals surface area contributed by atoms with Crippen LogP contribution >= 0.6 is 23.2 Å². The van der Waals surface area contributed by atoms with E-state index in [9.17, 15) is 18.0 Å². The van der Waals surface area contributed by atoms with Crippen LogP contribution in [0.2, 0.25) is 10.0 Å². The van der Waals surface area contributed by atoms with Crippen LogP contribution in [0, 0.1) is 0 Å². The molecule has 10 heteroatoms. The summed E-state index contributed by atoms with van der Waals surface area (Å²) in [5, 5.41) is 2.39. The van der Waals surface area contributed by atoms with E-state index in [1.54, 1.807) is 48.5 Å². The molecular formula is C23H14Cl2F3N3O2. The molecule has 0 spiro atoms. The molecule has 4 rings (SSSR count). The Morgan fingerprint density at radius 1 is 0.909 bits per heavy atom. The molecule has 3 aromatic carbocycles. The Morgan fingerprint density at radius 2 is 1.55 bits per heavy atom. The molecule has 0 fully saturated rings. The summed E-state index contributed by atoms with van der Waals surface area (Å²) >= 11 is 12.2. The van der Waals surface area contributed by atoms with Gasteiger partial charge in [0.05, 0.1) is 21.4 Å². The zero-order chi connectivity index (χ0) is 23.6. The highest BCUT2D eigenvalue weighted by atomic mass is 35.5. The molecule has 1 aromatic heterocycles. The zero-order valence-corrected chi connectivity index (χ0v) is 18.1. The summed E-state index contributed by atoms with van der Waals surface area (Å²) in [4.78, 5) is 16.6. The molecule has 0 saturated carbocycles. The van der Waals surface area contributed by atoms with Crippen molar-refractivity contribution in [2.45, 2.75) is 6.18 Å². The molecule has 33 heavy (non-hydrogen) atoms. The van der Waals surface area contributed by atoms with Gasteiger partial charge in [0.1, 0.15) is 12.1 Å². The van der Waals surface area contributed by atoms with Gasteiger partial charge in [-0.15, -0.1) is 0 Å². The molecule has 0 aliphatic rings. The number of nitrogens with one attached hydrogen (secondary N) is 1. The van der Waals surface area contributed by atoms with Gasteiger partial charge in [0.25, 0.3) is 5.91 Å². The van der Waals surface area contributed by atoms with Gasteiger partial charge in [0.2, 0.25) is 0 Å². The average Bonchev–Trinajstić information content (AvgIpc) is 3.21. The SMILES string of the molecule is O=C(Nc1ccccc1Oc1ccccc1)c1ncn(-c2c(Cl)cccc2Cl)c1C(F)(F)F. The van der Waals surface area contributed by atoms with Crippen molar-refractivity contribution in [1.29, 1.82) is 0 Å². The van der Waals surface area contributed by atoms with E-state index < -0.39 is 23.5 Å². The van der Waals surface area contributed by atoms with Gasteiger partial charge >= 0.3 is 6.18 Å². The fourth-order valence-corrected chi connectivity index (χ4v) is 3.71. The molecule has 0 atom stereocenters. The first-order valence-corrected chi connectivity index (χ1v) is 10.2. The Morgan fingerprint density at radius 3 is 2.21 bits per heavy atom. The highest BCUT2D eigenvalue weighted by molar-refractivity contribution is 6.37. The topological polar surface area (TPSA) is 56.1 Å².